The van der Waals surface area contributed by atoms with Gasteiger partial charge in [-0.3, -0.25) is 24.4 Å². The van der Waals surface area contributed by atoms with Crippen molar-refractivity contribution in [1.29, 1.82) is 0 Å². The predicted octanol–water partition coefficient (Wildman–Crippen LogP) is -0.942. The molecule has 2 rings (SSSR count). The molecule has 0 aromatic carbocycles. The summed E-state index contributed by atoms with van der Waals surface area (Å²) in [5.41, 5.74) is 1.37. The number of aliphatic hydroxyl groups is 3. The molecule has 2 atom stereocenters. The molecule has 48 heavy (non-hydrogen) atoms. The zero-order valence-electron chi connectivity index (χ0n) is 28.2. The second kappa shape index (κ2) is 22.8. The van der Waals surface area contributed by atoms with E-state index in [1.807, 2.05) is 46.9 Å². The molecule has 1 aromatic rings. The molecule has 272 valence electrons. The molecule has 0 saturated heterocycles. The average molecular weight is 715 g/mol. The minimum atomic E-state index is -0.964. The highest BCUT2D eigenvalue weighted by Crippen LogP contribution is 2.16. The molecule has 0 saturated carbocycles. The fourth-order valence-electron chi connectivity index (χ4n) is 5.56. The standard InChI is InChI=1S/C31H54N8O7S2/c1-3-11-36(16-19-40)30(47)32-9-7-26(28(43)44)38-14-12-35(2)13-15-39(23-25-6-4-5-24(22-38)34-25)27(29(45)46)8-10-33-31(48)37(17-20-41)18-21-42/h4-6,26-27,40-42H,3,7-23H2,1-2H3,(H,32,47)(H,33,48)(H,43,44)(H,45,46). The molecule has 1 aliphatic rings. The Kier molecular flexibility index (Phi) is 19.7. The minimum absolute atomic E-state index is 0.0232. The van der Waals surface area contributed by atoms with E-state index in [4.69, 9.17) is 29.4 Å². The lowest BCUT2D eigenvalue weighted by molar-refractivity contribution is -0.144. The number of aliphatic hydroxyl groups excluding tert-OH is 3. The molecule has 1 aromatic heterocycles. The van der Waals surface area contributed by atoms with Crippen LogP contribution < -0.4 is 10.6 Å². The first kappa shape index (κ1) is 41.4. The molecule has 1 aliphatic heterocycles. The highest BCUT2D eigenvalue weighted by Gasteiger charge is 2.29. The first-order valence-electron chi connectivity index (χ1n) is 16.5. The number of hydrogen-bond acceptors (Lipinski definition) is 11. The number of hydrogen-bond donors (Lipinski definition) is 7. The van der Waals surface area contributed by atoms with Crippen LogP contribution in [0.1, 0.15) is 37.6 Å². The lowest BCUT2D eigenvalue weighted by atomic mass is 10.1. The number of aromatic nitrogens is 1. The van der Waals surface area contributed by atoms with Crippen molar-refractivity contribution < 1.29 is 35.1 Å². The van der Waals surface area contributed by atoms with Crippen molar-refractivity contribution in [1.82, 2.24) is 40.1 Å². The summed E-state index contributed by atoms with van der Waals surface area (Å²) < 4.78 is 0. The molecular weight excluding hydrogens is 661 g/mol. The lowest BCUT2D eigenvalue weighted by Crippen LogP contribution is -2.49. The van der Waals surface area contributed by atoms with E-state index < -0.39 is 24.0 Å². The highest BCUT2D eigenvalue weighted by atomic mass is 32.1. The molecule has 0 fully saturated rings. The predicted molar refractivity (Wildman–Crippen MR) is 191 cm³/mol. The summed E-state index contributed by atoms with van der Waals surface area (Å²) in [4.78, 5) is 39.2. The smallest absolute Gasteiger partial charge is 0.320 e. The number of carbonyl (C=O) groups is 2. The van der Waals surface area contributed by atoms with E-state index in [1.165, 1.54) is 0 Å². The van der Waals surface area contributed by atoms with Crippen LogP contribution in [0.15, 0.2) is 18.2 Å². The summed E-state index contributed by atoms with van der Waals surface area (Å²) in [5.74, 6) is -1.90. The molecule has 2 bridgehead atoms. The summed E-state index contributed by atoms with van der Waals surface area (Å²) in [5, 5.41) is 55.5. The van der Waals surface area contributed by atoms with Crippen molar-refractivity contribution >= 4 is 46.6 Å². The van der Waals surface area contributed by atoms with Crippen LogP contribution in [0, 0.1) is 0 Å². The Morgan fingerprint density at radius 1 is 0.792 bits per heavy atom. The number of nitrogens with zero attached hydrogens (tertiary/aromatic N) is 6. The van der Waals surface area contributed by atoms with Gasteiger partial charge >= 0.3 is 11.9 Å². The lowest BCUT2D eigenvalue weighted by Gasteiger charge is -2.34. The quantitative estimate of drug-likeness (QED) is 0.0923. The Morgan fingerprint density at radius 3 is 1.58 bits per heavy atom. The van der Waals surface area contributed by atoms with Crippen LogP contribution in [-0.4, -0.2) is 182 Å². The summed E-state index contributed by atoms with van der Waals surface area (Å²) in [7, 11) is 1.94. The SMILES string of the molecule is CCCN(CCO)C(=S)NCCC(C(=O)O)N1CCN(C)CCN(C(CCNC(=S)N(CCO)CCO)C(=O)O)Cc2cccc(n2)C1. The van der Waals surface area contributed by atoms with E-state index >= 15 is 0 Å². The number of rotatable bonds is 18. The van der Waals surface area contributed by atoms with E-state index in [0.717, 1.165) is 6.42 Å². The maximum absolute atomic E-state index is 12.5. The van der Waals surface area contributed by atoms with Gasteiger partial charge in [-0.25, -0.2) is 0 Å². The van der Waals surface area contributed by atoms with E-state index in [9.17, 15) is 35.1 Å². The van der Waals surface area contributed by atoms with Gasteiger partial charge in [0.2, 0.25) is 0 Å². The van der Waals surface area contributed by atoms with Gasteiger partial charge in [-0.2, -0.15) is 0 Å². The number of pyridine rings is 1. The van der Waals surface area contributed by atoms with Crippen LogP contribution in [-0.2, 0) is 22.7 Å². The minimum Gasteiger partial charge on any atom is -0.480 e. The normalized spacial score (nSPS) is 16.2. The summed E-state index contributed by atoms with van der Waals surface area (Å²) in [6, 6.07) is 3.93. The number of nitrogens with one attached hydrogen (secondary N) is 2. The average Bonchev–Trinajstić information content (AvgIpc) is 3.04. The van der Waals surface area contributed by atoms with Crippen LogP contribution in [0.25, 0.3) is 0 Å². The van der Waals surface area contributed by atoms with Crippen LogP contribution >= 0.6 is 24.4 Å². The summed E-state index contributed by atoms with van der Waals surface area (Å²) in [6.45, 7) is 6.61. The van der Waals surface area contributed by atoms with Gasteiger partial charge in [0.1, 0.15) is 12.1 Å². The van der Waals surface area contributed by atoms with Gasteiger partial charge in [0.15, 0.2) is 10.2 Å². The molecule has 0 spiro atoms. The van der Waals surface area contributed by atoms with Crippen molar-refractivity contribution in [3.8, 4) is 0 Å². The van der Waals surface area contributed by atoms with Crippen molar-refractivity contribution in [2.24, 2.45) is 0 Å². The second-order valence-corrected chi connectivity index (χ2v) is 12.5. The van der Waals surface area contributed by atoms with Gasteiger partial charge in [-0.1, -0.05) is 13.0 Å². The molecule has 17 heteroatoms. The maximum atomic E-state index is 12.5. The zero-order valence-corrected chi connectivity index (χ0v) is 29.8. The molecular formula is C31H54N8O7S2. The third-order valence-electron chi connectivity index (χ3n) is 8.15. The Hall–Kier alpha value is -2.77. The van der Waals surface area contributed by atoms with Gasteiger partial charge in [-0.15, -0.1) is 0 Å². The third kappa shape index (κ3) is 14.4. The summed E-state index contributed by atoms with van der Waals surface area (Å²) in [6.07, 6.45) is 1.43. The molecule has 15 nitrogen and oxygen atoms in total. The van der Waals surface area contributed by atoms with Crippen LogP contribution in [0.5, 0.6) is 0 Å². The van der Waals surface area contributed by atoms with Crippen LogP contribution in [0.3, 0.4) is 0 Å². The fraction of sp³-hybridized carbons (Fsp3) is 0.710. The maximum Gasteiger partial charge on any atom is 0.320 e. The summed E-state index contributed by atoms with van der Waals surface area (Å²) >= 11 is 10.9. The highest BCUT2D eigenvalue weighted by molar-refractivity contribution is 7.80. The van der Waals surface area contributed by atoms with Crippen molar-refractivity contribution in [2.75, 3.05) is 92.3 Å². The fourth-order valence-corrected chi connectivity index (χ4v) is 6.13. The Bertz CT molecular complexity index is 1060. The third-order valence-corrected chi connectivity index (χ3v) is 8.95. The van der Waals surface area contributed by atoms with Gasteiger partial charge < -0.3 is 50.9 Å². The van der Waals surface area contributed by atoms with E-state index in [1.54, 1.807) is 4.90 Å². The Balaban J connectivity index is 2.18. The second-order valence-electron chi connectivity index (χ2n) is 11.8. The molecule has 2 heterocycles. The largest absolute Gasteiger partial charge is 0.480 e. The Labute approximate surface area is 294 Å². The number of fused-ring (bicyclic) bond motifs is 2. The first-order valence-corrected chi connectivity index (χ1v) is 17.3. The van der Waals surface area contributed by atoms with Gasteiger partial charge in [0.25, 0.3) is 0 Å². The van der Waals surface area contributed by atoms with E-state index in [0.29, 0.717) is 80.4 Å². The monoisotopic (exact) mass is 714 g/mol. The van der Waals surface area contributed by atoms with Gasteiger partial charge in [0, 0.05) is 78.5 Å². The Morgan fingerprint density at radius 2 is 1.21 bits per heavy atom. The first-order chi connectivity index (χ1) is 23.0. The molecule has 0 radical (unpaired) electrons. The molecule has 0 aliphatic carbocycles. The number of thiocarbonyl (C=S) groups is 2. The number of aliphatic carboxylic acids is 2. The van der Waals surface area contributed by atoms with Crippen molar-refractivity contribution in [3.05, 3.63) is 29.6 Å². The van der Waals surface area contributed by atoms with Crippen molar-refractivity contribution in [3.63, 3.8) is 0 Å². The van der Waals surface area contributed by atoms with Crippen LogP contribution in [0.4, 0.5) is 0 Å². The molecule has 7 N–H and O–H groups in total. The zero-order chi connectivity index (χ0) is 35.5. The van der Waals surface area contributed by atoms with Gasteiger partial charge in [-0.05, 0) is 62.9 Å². The van der Waals surface area contributed by atoms with E-state index in [2.05, 4.69) is 15.5 Å². The van der Waals surface area contributed by atoms with E-state index in [-0.39, 0.29) is 52.4 Å². The van der Waals surface area contributed by atoms with Crippen LogP contribution in [0.2, 0.25) is 0 Å². The molecule has 0 amide bonds. The van der Waals surface area contributed by atoms with Gasteiger partial charge in [0.05, 0.1) is 31.2 Å². The topological polar surface area (TPSA) is 188 Å². The number of carboxylic acids is 2. The number of carboxylic acid groups (broad SMARTS) is 2. The number of likely N-dealkylation sites (N-methyl/N-ethyl adjacent to an activating group) is 1. The molecule has 2 unspecified atom stereocenters. The van der Waals surface area contributed by atoms with Crippen molar-refractivity contribution in [2.45, 2.75) is 51.4 Å².